The number of halogens is 2. The second-order valence-electron chi connectivity index (χ2n) is 7.43. The molecule has 0 saturated heterocycles. The Morgan fingerprint density at radius 2 is 1.91 bits per heavy atom. The molecule has 33 heavy (non-hydrogen) atoms. The minimum atomic E-state index is -0.541. The third-order valence-electron chi connectivity index (χ3n) is 5.05. The lowest BCUT2D eigenvalue weighted by atomic mass is 10.1. The molecule has 0 spiro atoms. The smallest absolute Gasteiger partial charge is 0.344 e. The molecule has 0 amide bonds. The van der Waals surface area contributed by atoms with E-state index in [0.29, 0.717) is 27.1 Å². The minimum Gasteiger partial charge on any atom is -0.487 e. The number of methoxy groups -OCH3 is 1. The molecular formula is C26H21ClFNO3S. The molecule has 3 aromatic carbocycles. The molecular weight excluding hydrogens is 461 g/mol. The van der Waals surface area contributed by atoms with Crippen LogP contribution in [0.3, 0.4) is 0 Å². The van der Waals surface area contributed by atoms with E-state index in [4.69, 9.17) is 26.1 Å². The first kappa shape index (κ1) is 23.1. The first-order chi connectivity index (χ1) is 16.0. The molecule has 0 fully saturated rings. The summed E-state index contributed by atoms with van der Waals surface area (Å²) in [6.45, 7) is 2.30. The molecule has 0 aliphatic rings. The number of carbonyl (C=O) groups excluding carboxylic acids is 1. The number of esters is 1. The number of benzene rings is 3. The van der Waals surface area contributed by atoms with Gasteiger partial charge in [-0.05, 0) is 42.3 Å². The van der Waals surface area contributed by atoms with E-state index in [1.807, 2.05) is 55.5 Å². The molecule has 0 radical (unpaired) electrons. The molecule has 1 heterocycles. The fraction of sp³-hybridized carbons (Fsp3) is 0.154. The number of pyridine rings is 1. The predicted molar refractivity (Wildman–Crippen MR) is 130 cm³/mol. The molecule has 0 bridgehead atoms. The number of aryl methyl sites for hydroxylation is 1. The Morgan fingerprint density at radius 3 is 2.67 bits per heavy atom. The standard InChI is InChI=1S/C26H21ClFNO3S/c1-16-6-5-7-17(12-16)14-32-24-20-8-3-4-9-22(20)29-25(23(24)26(30)31-2)33-15-18-10-11-19(28)13-21(18)27/h3-13H,14-15H2,1-2H3. The molecule has 4 nitrogen and oxygen atoms in total. The number of nitrogens with zero attached hydrogens (tertiary/aromatic N) is 1. The Bertz CT molecular complexity index is 1330. The summed E-state index contributed by atoms with van der Waals surface area (Å²) in [6.07, 6.45) is 0. The van der Waals surface area contributed by atoms with Crippen molar-refractivity contribution in [3.05, 3.63) is 99.8 Å². The summed E-state index contributed by atoms with van der Waals surface area (Å²) in [4.78, 5) is 17.6. The second kappa shape index (κ2) is 10.2. The second-order valence-corrected chi connectivity index (χ2v) is 8.80. The SMILES string of the molecule is COC(=O)c1c(SCc2ccc(F)cc2Cl)nc2ccccc2c1OCc1cccc(C)c1. The zero-order valence-corrected chi connectivity index (χ0v) is 19.7. The first-order valence-electron chi connectivity index (χ1n) is 10.2. The van der Waals surface area contributed by atoms with Crippen LogP contribution in [0.15, 0.2) is 71.8 Å². The molecule has 0 saturated carbocycles. The van der Waals surface area contributed by atoms with Gasteiger partial charge in [-0.25, -0.2) is 14.2 Å². The van der Waals surface area contributed by atoms with Crippen molar-refractivity contribution in [1.29, 1.82) is 0 Å². The highest BCUT2D eigenvalue weighted by atomic mass is 35.5. The topological polar surface area (TPSA) is 48.4 Å². The number of rotatable bonds is 7. The Hall–Kier alpha value is -3.09. The summed E-state index contributed by atoms with van der Waals surface area (Å²) in [5.74, 6) is -0.132. The maximum absolute atomic E-state index is 13.4. The Morgan fingerprint density at radius 1 is 1.09 bits per heavy atom. The van der Waals surface area contributed by atoms with E-state index >= 15 is 0 Å². The van der Waals surface area contributed by atoms with E-state index in [9.17, 15) is 9.18 Å². The maximum atomic E-state index is 13.4. The summed E-state index contributed by atoms with van der Waals surface area (Å²) in [7, 11) is 1.33. The van der Waals surface area contributed by atoms with Crippen molar-refractivity contribution in [1.82, 2.24) is 4.98 Å². The molecule has 7 heteroatoms. The van der Waals surface area contributed by atoms with Gasteiger partial charge in [-0.1, -0.05) is 59.6 Å². The number of thioether (sulfide) groups is 1. The van der Waals surface area contributed by atoms with Crippen molar-refractivity contribution in [2.75, 3.05) is 7.11 Å². The van der Waals surface area contributed by atoms with Crippen molar-refractivity contribution in [2.24, 2.45) is 0 Å². The Kier molecular flexibility index (Phi) is 7.16. The third-order valence-corrected chi connectivity index (χ3v) is 6.42. The van der Waals surface area contributed by atoms with Gasteiger partial charge in [-0.3, -0.25) is 0 Å². The van der Waals surface area contributed by atoms with E-state index in [0.717, 1.165) is 22.1 Å². The maximum Gasteiger partial charge on any atom is 0.344 e. The summed E-state index contributed by atoms with van der Waals surface area (Å²) in [5.41, 5.74) is 3.79. The monoisotopic (exact) mass is 481 g/mol. The largest absolute Gasteiger partial charge is 0.487 e. The Labute approximate surface area is 200 Å². The lowest BCUT2D eigenvalue weighted by molar-refractivity contribution is 0.0590. The van der Waals surface area contributed by atoms with Crippen LogP contribution in [0.5, 0.6) is 5.75 Å². The van der Waals surface area contributed by atoms with Crippen LogP contribution in [0, 0.1) is 12.7 Å². The van der Waals surface area contributed by atoms with Gasteiger partial charge in [0.15, 0.2) is 0 Å². The number of carbonyl (C=O) groups is 1. The zero-order chi connectivity index (χ0) is 23.4. The average Bonchev–Trinajstić information content (AvgIpc) is 2.81. The minimum absolute atomic E-state index is 0.257. The molecule has 4 aromatic rings. The van der Waals surface area contributed by atoms with Crippen LogP contribution >= 0.6 is 23.4 Å². The fourth-order valence-corrected chi connectivity index (χ4v) is 4.78. The summed E-state index contributed by atoms with van der Waals surface area (Å²) in [6, 6.07) is 19.7. The van der Waals surface area contributed by atoms with Crippen LogP contribution in [0.4, 0.5) is 4.39 Å². The van der Waals surface area contributed by atoms with Crippen LogP contribution in [0.1, 0.15) is 27.0 Å². The number of aromatic nitrogens is 1. The number of hydrogen-bond donors (Lipinski definition) is 0. The van der Waals surface area contributed by atoms with Gasteiger partial charge in [0.2, 0.25) is 0 Å². The van der Waals surface area contributed by atoms with Crippen molar-refractivity contribution < 1.29 is 18.7 Å². The van der Waals surface area contributed by atoms with Gasteiger partial charge in [0.1, 0.15) is 28.8 Å². The van der Waals surface area contributed by atoms with E-state index < -0.39 is 11.8 Å². The molecule has 0 aliphatic carbocycles. The fourth-order valence-electron chi connectivity index (χ4n) is 3.44. The normalized spacial score (nSPS) is 10.9. The quantitative estimate of drug-likeness (QED) is 0.210. The van der Waals surface area contributed by atoms with Gasteiger partial charge in [-0.2, -0.15) is 0 Å². The summed E-state index contributed by atoms with van der Waals surface area (Å²) >= 11 is 7.51. The average molecular weight is 482 g/mol. The number of para-hydroxylation sites is 1. The van der Waals surface area contributed by atoms with Gasteiger partial charge in [0.05, 0.1) is 12.6 Å². The van der Waals surface area contributed by atoms with E-state index in [1.54, 1.807) is 6.07 Å². The van der Waals surface area contributed by atoms with Gasteiger partial charge < -0.3 is 9.47 Å². The van der Waals surface area contributed by atoms with Crippen molar-refractivity contribution in [3.63, 3.8) is 0 Å². The van der Waals surface area contributed by atoms with Gasteiger partial charge >= 0.3 is 5.97 Å². The number of fused-ring (bicyclic) bond motifs is 1. The highest BCUT2D eigenvalue weighted by Gasteiger charge is 2.24. The van der Waals surface area contributed by atoms with Crippen molar-refractivity contribution >= 4 is 40.2 Å². The molecule has 0 atom stereocenters. The molecule has 0 aliphatic heterocycles. The molecule has 0 unspecified atom stereocenters. The molecule has 168 valence electrons. The molecule has 0 N–H and O–H groups in total. The van der Waals surface area contributed by atoms with Crippen LogP contribution in [0.2, 0.25) is 5.02 Å². The van der Waals surface area contributed by atoms with E-state index in [1.165, 1.54) is 31.0 Å². The predicted octanol–water partition coefficient (Wildman–Crippen LogP) is 6.99. The van der Waals surface area contributed by atoms with Gasteiger partial charge in [-0.15, -0.1) is 11.8 Å². The van der Waals surface area contributed by atoms with Crippen LogP contribution in [-0.4, -0.2) is 18.1 Å². The van der Waals surface area contributed by atoms with Gasteiger partial charge in [0, 0.05) is 16.2 Å². The van der Waals surface area contributed by atoms with Crippen LogP contribution < -0.4 is 4.74 Å². The first-order valence-corrected chi connectivity index (χ1v) is 11.6. The lowest BCUT2D eigenvalue weighted by Crippen LogP contribution is -2.10. The summed E-state index contributed by atoms with van der Waals surface area (Å²) < 4.78 is 24.7. The Balaban J connectivity index is 1.76. The number of ether oxygens (including phenoxy) is 2. The number of hydrogen-bond acceptors (Lipinski definition) is 5. The van der Waals surface area contributed by atoms with Crippen molar-refractivity contribution in [2.45, 2.75) is 24.3 Å². The summed E-state index contributed by atoms with van der Waals surface area (Å²) in [5, 5.41) is 1.49. The highest BCUT2D eigenvalue weighted by molar-refractivity contribution is 7.98. The highest BCUT2D eigenvalue weighted by Crippen LogP contribution is 2.38. The zero-order valence-electron chi connectivity index (χ0n) is 18.1. The van der Waals surface area contributed by atoms with E-state index in [-0.39, 0.29) is 12.2 Å². The molecule has 4 rings (SSSR count). The lowest BCUT2D eigenvalue weighted by Gasteiger charge is -2.16. The van der Waals surface area contributed by atoms with Crippen LogP contribution in [0.25, 0.3) is 10.9 Å². The van der Waals surface area contributed by atoms with Gasteiger partial charge in [0.25, 0.3) is 0 Å². The third kappa shape index (κ3) is 5.29. The van der Waals surface area contributed by atoms with E-state index in [2.05, 4.69) is 0 Å². The van der Waals surface area contributed by atoms with Crippen LogP contribution in [-0.2, 0) is 17.1 Å². The van der Waals surface area contributed by atoms with Crippen molar-refractivity contribution in [3.8, 4) is 5.75 Å². The molecule has 1 aromatic heterocycles.